The molecule has 1 rings (SSSR count). The lowest BCUT2D eigenvalue weighted by Crippen LogP contribution is -2.52. The van der Waals surface area contributed by atoms with Crippen LogP contribution in [0.15, 0.2) is 0 Å². The first-order chi connectivity index (χ1) is 6.24. The molecule has 1 saturated heterocycles. The van der Waals surface area contributed by atoms with E-state index in [-0.39, 0.29) is 24.5 Å². The Morgan fingerprint density at radius 1 is 1.69 bits per heavy atom. The maximum absolute atomic E-state index is 11.4. The molecule has 1 atom stereocenters. The van der Waals surface area contributed by atoms with E-state index in [1.165, 1.54) is 0 Å². The molecule has 0 bridgehead atoms. The van der Waals surface area contributed by atoms with E-state index in [1.807, 2.05) is 6.92 Å². The van der Waals surface area contributed by atoms with Crippen molar-refractivity contribution in [1.82, 2.24) is 10.6 Å². The van der Waals surface area contributed by atoms with Crippen LogP contribution in [0, 0.1) is 5.92 Å². The largest absolute Gasteiger partial charge is 0.396 e. The number of aliphatic hydroxyl groups excluding tert-OH is 1. The Labute approximate surface area is 78.7 Å². The summed E-state index contributed by atoms with van der Waals surface area (Å²) in [7, 11) is 0. The van der Waals surface area contributed by atoms with E-state index < -0.39 is 0 Å². The second kappa shape index (κ2) is 5.19. The second-order valence-electron chi connectivity index (χ2n) is 3.63. The van der Waals surface area contributed by atoms with E-state index >= 15 is 0 Å². The lowest BCUT2D eigenvalue weighted by Gasteiger charge is -2.27. The van der Waals surface area contributed by atoms with Crippen molar-refractivity contribution < 1.29 is 9.90 Å². The van der Waals surface area contributed by atoms with Gasteiger partial charge < -0.3 is 15.7 Å². The predicted octanol–water partition coefficient (Wildman–Crippen LogP) is -0.517. The van der Waals surface area contributed by atoms with Gasteiger partial charge in [-0.15, -0.1) is 0 Å². The van der Waals surface area contributed by atoms with Crippen LogP contribution in [-0.4, -0.2) is 36.8 Å². The van der Waals surface area contributed by atoms with Gasteiger partial charge in [0.1, 0.15) is 0 Å². The van der Waals surface area contributed by atoms with Crippen LogP contribution in [-0.2, 0) is 4.79 Å². The minimum absolute atomic E-state index is 0.143. The SMILES string of the molecule is CC(CCCO)NC(=O)C1CNC1. The molecule has 13 heavy (non-hydrogen) atoms. The van der Waals surface area contributed by atoms with Gasteiger partial charge in [-0.2, -0.15) is 0 Å². The summed E-state index contributed by atoms with van der Waals surface area (Å²) in [6.07, 6.45) is 1.60. The van der Waals surface area contributed by atoms with Crippen LogP contribution in [0.1, 0.15) is 19.8 Å². The highest BCUT2D eigenvalue weighted by atomic mass is 16.2. The molecule has 1 heterocycles. The summed E-state index contributed by atoms with van der Waals surface area (Å²) in [5.41, 5.74) is 0. The third-order valence-corrected chi connectivity index (χ3v) is 2.34. The van der Waals surface area contributed by atoms with Crippen molar-refractivity contribution in [3.8, 4) is 0 Å². The number of hydrogen-bond donors (Lipinski definition) is 3. The minimum atomic E-state index is 0.143. The standard InChI is InChI=1S/C9H18N2O2/c1-7(3-2-4-12)11-9(13)8-5-10-6-8/h7-8,10,12H,2-6H2,1H3,(H,11,13). The summed E-state index contributed by atoms with van der Waals surface area (Å²) in [5.74, 6) is 0.306. The number of nitrogens with one attached hydrogen (secondary N) is 2. The Hall–Kier alpha value is -0.610. The normalized spacial score (nSPS) is 19.2. The van der Waals surface area contributed by atoms with Gasteiger partial charge in [0.2, 0.25) is 5.91 Å². The predicted molar refractivity (Wildman–Crippen MR) is 50.3 cm³/mol. The Morgan fingerprint density at radius 2 is 2.38 bits per heavy atom. The Balaban J connectivity index is 2.11. The summed E-state index contributed by atoms with van der Waals surface area (Å²) < 4.78 is 0. The summed E-state index contributed by atoms with van der Waals surface area (Å²) in [6.45, 7) is 3.78. The molecule has 4 nitrogen and oxygen atoms in total. The van der Waals surface area contributed by atoms with E-state index in [2.05, 4.69) is 10.6 Å². The van der Waals surface area contributed by atoms with E-state index in [9.17, 15) is 4.79 Å². The monoisotopic (exact) mass is 186 g/mol. The van der Waals surface area contributed by atoms with Gasteiger partial charge in [-0.3, -0.25) is 4.79 Å². The van der Waals surface area contributed by atoms with Crippen molar-refractivity contribution in [1.29, 1.82) is 0 Å². The molecular weight excluding hydrogens is 168 g/mol. The average molecular weight is 186 g/mol. The van der Waals surface area contributed by atoms with Crippen LogP contribution in [0.3, 0.4) is 0 Å². The molecule has 4 heteroatoms. The van der Waals surface area contributed by atoms with Crippen LogP contribution >= 0.6 is 0 Å². The van der Waals surface area contributed by atoms with Gasteiger partial charge in [0.15, 0.2) is 0 Å². The van der Waals surface area contributed by atoms with Gasteiger partial charge in [0.05, 0.1) is 5.92 Å². The molecule has 0 spiro atoms. The maximum atomic E-state index is 11.4. The molecule has 0 aromatic carbocycles. The molecule has 1 amide bonds. The third kappa shape index (κ3) is 3.32. The molecular formula is C9H18N2O2. The molecule has 3 N–H and O–H groups in total. The van der Waals surface area contributed by atoms with Crippen molar-refractivity contribution in [3.63, 3.8) is 0 Å². The third-order valence-electron chi connectivity index (χ3n) is 2.34. The molecule has 0 radical (unpaired) electrons. The number of hydrogen-bond acceptors (Lipinski definition) is 3. The van der Waals surface area contributed by atoms with Crippen molar-refractivity contribution in [3.05, 3.63) is 0 Å². The molecule has 1 aliphatic heterocycles. The molecule has 0 aliphatic carbocycles. The van der Waals surface area contributed by atoms with E-state index in [1.54, 1.807) is 0 Å². The summed E-state index contributed by atoms with van der Waals surface area (Å²) >= 11 is 0. The Kier molecular flexibility index (Phi) is 4.18. The second-order valence-corrected chi connectivity index (χ2v) is 3.63. The fraction of sp³-hybridized carbons (Fsp3) is 0.889. The molecule has 1 unspecified atom stereocenters. The summed E-state index contributed by atoms with van der Waals surface area (Å²) in [6, 6.07) is 0.181. The van der Waals surface area contributed by atoms with Gasteiger partial charge >= 0.3 is 0 Å². The average Bonchev–Trinajstić information content (AvgIpc) is 1.97. The van der Waals surface area contributed by atoms with Crippen LogP contribution in [0.5, 0.6) is 0 Å². The highest BCUT2D eigenvalue weighted by Gasteiger charge is 2.25. The maximum Gasteiger partial charge on any atom is 0.225 e. The molecule has 0 aromatic heterocycles. The zero-order valence-corrected chi connectivity index (χ0v) is 8.05. The molecule has 1 aliphatic rings. The summed E-state index contributed by atoms with van der Waals surface area (Å²) in [5, 5.41) is 14.6. The number of amides is 1. The zero-order chi connectivity index (χ0) is 9.68. The molecule has 76 valence electrons. The topological polar surface area (TPSA) is 61.4 Å². The van der Waals surface area contributed by atoms with Gasteiger partial charge in [-0.25, -0.2) is 0 Å². The van der Waals surface area contributed by atoms with Crippen LogP contribution < -0.4 is 10.6 Å². The van der Waals surface area contributed by atoms with Gasteiger partial charge in [-0.05, 0) is 19.8 Å². The van der Waals surface area contributed by atoms with Gasteiger partial charge in [0.25, 0.3) is 0 Å². The van der Waals surface area contributed by atoms with E-state index in [0.717, 1.165) is 25.9 Å². The number of rotatable bonds is 5. The number of carbonyl (C=O) groups excluding carboxylic acids is 1. The van der Waals surface area contributed by atoms with Gasteiger partial charge in [-0.1, -0.05) is 0 Å². The first-order valence-electron chi connectivity index (χ1n) is 4.86. The smallest absolute Gasteiger partial charge is 0.225 e. The lowest BCUT2D eigenvalue weighted by molar-refractivity contribution is -0.127. The van der Waals surface area contributed by atoms with Crippen molar-refractivity contribution >= 4 is 5.91 Å². The highest BCUT2D eigenvalue weighted by Crippen LogP contribution is 2.04. The van der Waals surface area contributed by atoms with Crippen LogP contribution in [0.25, 0.3) is 0 Å². The zero-order valence-electron chi connectivity index (χ0n) is 8.05. The fourth-order valence-electron chi connectivity index (χ4n) is 1.30. The quantitative estimate of drug-likeness (QED) is 0.541. The van der Waals surface area contributed by atoms with Crippen molar-refractivity contribution in [2.24, 2.45) is 5.92 Å². The number of carbonyl (C=O) groups is 1. The van der Waals surface area contributed by atoms with Crippen LogP contribution in [0.2, 0.25) is 0 Å². The Bertz CT molecular complexity index is 169. The van der Waals surface area contributed by atoms with E-state index in [0.29, 0.717) is 0 Å². The number of aliphatic hydroxyl groups is 1. The fourth-order valence-corrected chi connectivity index (χ4v) is 1.30. The summed E-state index contributed by atoms with van der Waals surface area (Å²) in [4.78, 5) is 11.4. The lowest BCUT2D eigenvalue weighted by atomic mass is 10.0. The van der Waals surface area contributed by atoms with Crippen LogP contribution in [0.4, 0.5) is 0 Å². The first kappa shape index (κ1) is 10.5. The van der Waals surface area contributed by atoms with E-state index in [4.69, 9.17) is 5.11 Å². The first-order valence-corrected chi connectivity index (χ1v) is 4.86. The van der Waals surface area contributed by atoms with Gasteiger partial charge in [0, 0.05) is 25.7 Å². The Morgan fingerprint density at radius 3 is 2.85 bits per heavy atom. The van der Waals surface area contributed by atoms with Crippen molar-refractivity contribution in [2.45, 2.75) is 25.8 Å². The highest BCUT2D eigenvalue weighted by molar-refractivity contribution is 5.80. The molecule has 0 saturated carbocycles. The molecule has 0 aromatic rings. The van der Waals surface area contributed by atoms with Crippen molar-refractivity contribution in [2.75, 3.05) is 19.7 Å². The minimum Gasteiger partial charge on any atom is -0.396 e. The molecule has 1 fully saturated rings.